The quantitative estimate of drug-likeness (QED) is 0.320. The molecule has 0 unspecified atom stereocenters. The molecule has 0 spiro atoms. The molecular weight excluding hydrogens is 154 g/mol. The molecule has 0 aromatic heterocycles. The molecule has 0 aromatic carbocycles. The van der Waals surface area contributed by atoms with Gasteiger partial charge in [0, 0.05) is 13.1 Å². The third kappa shape index (κ3) is 17.7. The van der Waals surface area contributed by atoms with Crippen molar-refractivity contribution in [2.75, 3.05) is 13.1 Å². The maximum Gasteiger partial charge on any atom is 0.290 e. The Morgan fingerprint density at radius 3 is 1.36 bits per heavy atom. The van der Waals surface area contributed by atoms with Gasteiger partial charge in [-0.25, -0.2) is 0 Å². The SMILES string of the molecule is O=CO.O=CO.OC1CNC1. The van der Waals surface area contributed by atoms with Crippen LogP contribution in [0.4, 0.5) is 0 Å². The second-order valence-electron chi connectivity index (χ2n) is 1.52. The summed E-state index contributed by atoms with van der Waals surface area (Å²) in [6.07, 6.45) is -0.0463. The Kier molecular flexibility index (Phi) is 13.2. The largest absolute Gasteiger partial charge is 0.483 e. The van der Waals surface area contributed by atoms with Crippen molar-refractivity contribution < 1.29 is 24.9 Å². The maximum absolute atomic E-state index is 8.39. The van der Waals surface area contributed by atoms with Gasteiger partial charge >= 0.3 is 0 Å². The molecule has 6 heteroatoms. The zero-order valence-electron chi connectivity index (χ0n) is 5.80. The molecule has 4 N–H and O–H groups in total. The molecule has 0 aromatic rings. The summed E-state index contributed by atoms with van der Waals surface area (Å²) in [5, 5.41) is 25.1. The fourth-order valence-corrected chi connectivity index (χ4v) is 0.273. The van der Waals surface area contributed by atoms with E-state index in [-0.39, 0.29) is 19.0 Å². The van der Waals surface area contributed by atoms with Crippen LogP contribution in [0.5, 0.6) is 0 Å². The first kappa shape index (κ1) is 12.5. The molecule has 1 aliphatic rings. The van der Waals surface area contributed by atoms with E-state index in [4.69, 9.17) is 24.9 Å². The van der Waals surface area contributed by atoms with Gasteiger partial charge in [-0.3, -0.25) is 9.59 Å². The standard InChI is InChI=1S/C3H7NO.2CH2O2/c5-3-1-4-2-3;2*2-1-3/h3-5H,1-2H2;2*1H,(H,2,3). The molecule has 0 atom stereocenters. The van der Waals surface area contributed by atoms with Gasteiger partial charge in [0.2, 0.25) is 0 Å². The van der Waals surface area contributed by atoms with Gasteiger partial charge < -0.3 is 20.6 Å². The summed E-state index contributed by atoms with van der Waals surface area (Å²) in [6, 6.07) is 0. The Morgan fingerprint density at radius 1 is 1.18 bits per heavy atom. The maximum atomic E-state index is 8.39. The second kappa shape index (κ2) is 11.6. The van der Waals surface area contributed by atoms with Gasteiger partial charge in [-0.1, -0.05) is 0 Å². The lowest BCUT2D eigenvalue weighted by atomic mass is 10.2. The molecule has 1 heterocycles. The molecule has 0 radical (unpaired) electrons. The zero-order valence-corrected chi connectivity index (χ0v) is 5.80. The van der Waals surface area contributed by atoms with Crippen LogP contribution in [0.1, 0.15) is 0 Å². The van der Waals surface area contributed by atoms with Gasteiger partial charge in [0.25, 0.3) is 12.9 Å². The number of rotatable bonds is 0. The molecule has 1 aliphatic heterocycles. The van der Waals surface area contributed by atoms with E-state index in [9.17, 15) is 0 Å². The van der Waals surface area contributed by atoms with Crippen molar-refractivity contribution in [3.63, 3.8) is 0 Å². The highest BCUT2D eigenvalue weighted by Gasteiger charge is 2.10. The van der Waals surface area contributed by atoms with Crippen molar-refractivity contribution in [2.24, 2.45) is 0 Å². The molecule has 0 amide bonds. The smallest absolute Gasteiger partial charge is 0.290 e. The fraction of sp³-hybridized carbons (Fsp3) is 0.600. The number of carboxylic acid groups (broad SMARTS) is 2. The first-order valence-electron chi connectivity index (χ1n) is 2.77. The lowest BCUT2D eigenvalue weighted by Gasteiger charge is -2.20. The van der Waals surface area contributed by atoms with Crippen LogP contribution in [0.2, 0.25) is 0 Å². The number of nitrogens with one attached hydrogen (secondary N) is 1. The lowest BCUT2D eigenvalue weighted by molar-refractivity contribution is -0.123. The van der Waals surface area contributed by atoms with Crippen LogP contribution in [0, 0.1) is 0 Å². The van der Waals surface area contributed by atoms with Crippen LogP contribution in [0.15, 0.2) is 0 Å². The highest BCUT2D eigenvalue weighted by molar-refractivity contribution is 5.32. The Hall–Kier alpha value is -1.14. The first-order valence-corrected chi connectivity index (χ1v) is 2.77. The van der Waals surface area contributed by atoms with E-state index in [0.717, 1.165) is 13.1 Å². The molecule has 0 bridgehead atoms. The number of β-amino-alcohol motifs (C(OH)–C–C–N with tert-alkyl or cyclic N) is 1. The van der Waals surface area contributed by atoms with Crippen molar-refractivity contribution in [1.29, 1.82) is 0 Å². The van der Waals surface area contributed by atoms with E-state index in [1.807, 2.05) is 0 Å². The highest BCUT2D eigenvalue weighted by atomic mass is 16.3. The second-order valence-corrected chi connectivity index (χ2v) is 1.52. The number of carbonyl (C=O) groups is 2. The predicted molar refractivity (Wildman–Crippen MR) is 36.3 cm³/mol. The number of aliphatic hydroxyl groups excluding tert-OH is 1. The van der Waals surface area contributed by atoms with Gasteiger partial charge in [0.1, 0.15) is 0 Å². The van der Waals surface area contributed by atoms with E-state index < -0.39 is 0 Å². The monoisotopic (exact) mass is 165 g/mol. The zero-order chi connectivity index (χ0) is 9.11. The normalized spacial score (nSPS) is 13.9. The molecular formula is C5H11NO5. The number of hydrogen-bond donors (Lipinski definition) is 4. The van der Waals surface area contributed by atoms with Crippen LogP contribution in [0.25, 0.3) is 0 Å². The molecule has 0 aliphatic carbocycles. The summed E-state index contributed by atoms with van der Waals surface area (Å²) in [5.74, 6) is 0. The topological polar surface area (TPSA) is 107 Å². The van der Waals surface area contributed by atoms with Crippen LogP contribution in [-0.2, 0) is 9.59 Å². The highest BCUT2D eigenvalue weighted by Crippen LogP contribution is 1.85. The lowest BCUT2D eigenvalue weighted by Crippen LogP contribution is -2.46. The van der Waals surface area contributed by atoms with Gasteiger partial charge in [-0.15, -0.1) is 0 Å². The number of hydrogen-bond acceptors (Lipinski definition) is 4. The summed E-state index contributed by atoms with van der Waals surface area (Å²) in [4.78, 5) is 16.7. The van der Waals surface area contributed by atoms with Crippen molar-refractivity contribution in [3.05, 3.63) is 0 Å². The molecule has 1 fully saturated rings. The van der Waals surface area contributed by atoms with Crippen LogP contribution >= 0.6 is 0 Å². The van der Waals surface area contributed by atoms with Crippen LogP contribution < -0.4 is 5.32 Å². The minimum atomic E-state index is -0.250. The van der Waals surface area contributed by atoms with E-state index >= 15 is 0 Å². The van der Waals surface area contributed by atoms with E-state index in [2.05, 4.69) is 5.32 Å². The first-order chi connectivity index (χ1) is 5.22. The van der Waals surface area contributed by atoms with Crippen molar-refractivity contribution >= 4 is 12.9 Å². The minimum Gasteiger partial charge on any atom is -0.483 e. The van der Waals surface area contributed by atoms with E-state index in [0.29, 0.717) is 0 Å². The Labute approximate surface area is 63.5 Å². The van der Waals surface area contributed by atoms with Crippen LogP contribution in [-0.4, -0.2) is 47.5 Å². The molecule has 11 heavy (non-hydrogen) atoms. The van der Waals surface area contributed by atoms with Crippen molar-refractivity contribution in [1.82, 2.24) is 5.32 Å². The average Bonchev–Trinajstić information content (AvgIpc) is 1.87. The summed E-state index contributed by atoms with van der Waals surface area (Å²) in [6.45, 7) is 1.08. The summed E-state index contributed by atoms with van der Waals surface area (Å²) in [5.41, 5.74) is 0. The van der Waals surface area contributed by atoms with Crippen molar-refractivity contribution in [2.45, 2.75) is 6.10 Å². The third-order valence-corrected chi connectivity index (χ3v) is 0.760. The van der Waals surface area contributed by atoms with Gasteiger partial charge in [-0.2, -0.15) is 0 Å². The van der Waals surface area contributed by atoms with Gasteiger partial charge in [0.15, 0.2) is 0 Å². The van der Waals surface area contributed by atoms with Crippen LogP contribution in [0.3, 0.4) is 0 Å². The summed E-state index contributed by atoms with van der Waals surface area (Å²) >= 11 is 0. The fourth-order valence-electron chi connectivity index (χ4n) is 0.273. The molecule has 66 valence electrons. The molecule has 0 saturated carbocycles. The van der Waals surface area contributed by atoms with E-state index in [1.165, 1.54) is 0 Å². The van der Waals surface area contributed by atoms with Gasteiger partial charge in [0.05, 0.1) is 6.10 Å². The van der Waals surface area contributed by atoms with Crippen molar-refractivity contribution in [3.8, 4) is 0 Å². The Balaban J connectivity index is 0. The Morgan fingerprint density at radius 2 is 1.36 bits per heavy atom. The number of aliphatic hydroxyl groups is 1. The average molecular weight is 165 g/mol. The molecule has 1 saturated heterocycles. The summed E-state index contributed by atoms with van der Waals surface area (Å²) in [7, 11) is 0. The third-order valence-electron chi connectivity index (χ3n) is 0.760. The Bertz CT molecular complexity index is 86.9. The van der Waals surface area contributed by atoms with E-state index in [1.54, 1.807) is 0 Å². The molecule has 6 nitrogen and oxygen atoms in total. The minimum absolute atomic E-state index is 0.0463. The predicted octanol–water partition coefficient (Wildman–Crippen LogP) is -1.65. The molecule has 1 rings (SSSR count). The summed E-state index contributed by atoms with van der Waals surface area (Å²) < 4.78 is 0. The van der Waals surface area contributed by atoms with Gasteiger partial charge in [-0.05, 0) is 0 Å².